The molecule has 0 amide bonds. The van der Waals surface area contributed by atoms with E-state index in [1.165, 1.54) is 38.6 Å². The quantitative estimate of drug-likeness (QED) is 0.650. The first kappa shape index (κ1) is 18.0. The van der Waals surface area contributed by atoms with Crippen LogP contribution in [-0.2, 0) is 0 Å². The summed E-state index contributed by atoms with van der Waals surface area (Å²) in [6.07, 6.45) is 9.31. The van der Waals surface area contributed by atoms with Crippen molar-refractivity contribution < 1.29 is 0 Å². The van der Waals surface area contributed by atoms with Crippen molar-refractivity contribution in [1.82, 2.24) is 5.32 Å². The Morgan fingerprint density at radius 1 is 1.15 bits per heavy atom. The Bertz CT molecular complexity index is 259. The smallest absolute Gasteiger partial charge is 0.00558 e. The molecule has 0 radical (unpaired) electrons. The van der Waals surface area contributed by atoms with Gasteiger partial charge in [-0.2, -0.15) is 0 Å². The molecule has 0 spiro atoms. The van der Waals surface area contributed by atoms with Gasteiger partial charge in [0.25, 0.3) is 0 Å². The van der Waals surface area contributed by atoms with Crippen LogP contribution in [0.4, 0.5) is 0 Å². The second-order valence-corrected chi connectivity index (χ2v) is 8.80. The molecule has 0 aliphatic heterocycles. The van der Waals surface area contributed by atoms with Crippen LogP contribution in [0.1, 0.15) is 79.6 Å². The summed E-state index contributed by atoms with van der Waals surface area (Å²) in [6, 6.07) is 0.340. The monoisotopic (exact) mass is 282 g/mol. The van der Waals surface area contributed by atoms with E-state index in [0.29, 0.717) is 16.9 Å². The third kappa shape index (κ3) is 7.08. The Morgan fingerprint density at radius 2 is 1.75 bits per heavy atom. The van der Waals surface area contributed by atoms with E-state index in [0.717, 1.165) is 25.3 Å². The van der Waals surface area contributed by atoms with E-state index < -0.39 is 0 Å². The molecular formula is C18H38N2. The number of nitrogens with two attached hydrogens (primary N) is 1. The highest BCUT2D eigenvalue weighted by atomic mass is 14.9. The van der Waals surface area contributed by atoms with Crippen LogP contribution in [-0.4, -0.2) is 19.1 Å². The van der Waals surface area contributed by atoms with Gasteiger partial charge in [0.05, 0.1) is 0 Å². The lowest BCUT2D eigenvalue weighted by molar-refractivity contribution is 0.222. The SMILES string of the molecule is CC(C)CC1(CNCCC(N)CC(C)(C)C)CCCC1. The molecule has 120 valence electrons. The predicted molar refractivity (Wildman–Crippen MR) is 89.9 cm³/mol. The molecule has 1 aliphatic rings. The molecule has 0 saturated heterocycles. The molecule has 2 heteroatoms. The largest absolute Gasteiger partial charge is 0.328 e. The summed E-state index contributed by atoms with van der Waals surface area (Å²) >= 11 is 0. The second kappa shape index (κ2) is 7.79. The predicted octanol–water partition coefficient (Wildman–Crippen LogP) is 4.34. The summed E-state index contributed by atoms with van der Waals surface area (Å²) < 4.78 is 0. The van der Waals surface area contributed by atoms with Crippen molar-refractivity contribution in [3.05, 3.63) is 0 Å². The highest BCUT2D eigenvalue weighted by molar-refractivity contribution is 4.87. The van der Waals surface area contributed by atoms with Crippen LogP contribution in [0.25, 0.3) is 0 Å². The molecule has 1 saturated carbocycles. The molecule has 1 fully saturated rings. The van der Waals surface area contributed by atoms with Crippen LogP contribution >= 0.6 is 0 Å². The van der Waals surface area contributed by atoms with Crippen molar-refractivity contribution in [2.24, 2.45) is 22.5 Å². The average Bonchev–Trinajstić information content (AvgIpc) is 2.70. The molecule has 1 rings (SSSR count). The molecule has 20 heavy (non-hydrogen) atoms. The van der Waals surface area contributed by atoms with E-state index in [-0.39, 0.29) is 0 Å². The first-order chi connectivity index (χ1) is 9.22. The highest BCUT2D eigenvalue weighted by Gasteiger charge is 2.33. The van der Waals surface area contributed by atoms with Crippen LogP contribution in [0.3, 0.4) is 0 Å². The first-order valence-electron chi connectivity index (χ1n) is 8.69. The Kier molecular flexibility index (Phi) is 7.00. The second-order valence-electron chi connectivity index (χ2n) is 8.80. The van der Waals surface area contributed by atoms with Gasteiger partial charge in [-0.25, -0.2) is 0 Å². The van der Waals surface area contributed by atoms with Gasteiger partial charge in [0.15, 0.2) is 0 Å². The van der Waals surface area contributed by atoms with E-state index in [1.54, 1.807) is 0 Å². The van der Waals surface area contributed by atoms with Crippen molar-refractivity contribution in [2.45, 2.75) is 85.6 Å². The maximum atomic E-state index is 6.23. The lowest BCUT2D eigenvalue weighted by atomic mass is 9.78. The molecule has 1 unspecified atom stereocenters. The maximum Gasteiger partial charge on any atom is 0.00558 e. The number of hydrogen-bond acceptors (Lipinski definition) is 2. The lowest BCUT2D eigenvalue weighted by Gasteiger charge is -2.31. The summed E-state index contributed by atoms with van der Waals surface area (Å²) in [4.78, 5) is 0. The van der Waals surface area contributed by atoms with E-state index in [1.807, 2.05) is 0 Å². The van der Waals surface area contributed by atoms with Crippen LogP contribution in [0.5, 0.6) is 0 Å². The fourth-order valence-electron chi connectivity index (χ4n) is 3.97. The van der Waals surface area contributed by atoms with E-state index in [9.17, 15) is 0 Å². The van der Waals surface area contributed by atoms with Crippen molar-refractivity contribution in [1.29, 1.82) is 0 Å². The summed E-state index contributed by atoms with van der Waals surface area (Å²) in [5, 5.41) is 3.71. The van der Waals surface area contributed by atoms with Gasteiger partial charge in [-0.1, -0.05) is 47.5 Å². The maximum absolute atomic E-state index is 6.23. The van der Waals surface area contributed by atoms with Crippen LogP contribution in [0, 0.1) is 16.7 Å². The Morgan fingerprint density at radius 3 is 2.25 bits per heavy atom. The minimum atomic E-state index is 0.340. The number of nitrogens with one attached hydrogen (secondary N) is 1. The van der Waals surface area contributed by atoms with Gasteiger partial charge in [0, 0.05) is 12.6 Å². The van der Waals surface area contributed by atoms with E-state index >= 15 is 0 Å². The molecular weight excluding hydrogens is 244 g/mol. The molecule has 0 bridgehead atoms. The topological polar surface area (TPSA) is 38.0 Å². The van der Waals surface area contributed by atoms with Gasteiger partial charge in [-0.05, 0) is 55.4 Å². The summed E-state index contributed by atoms with van der Waals surface area (Å²) in [5.74, 6) is 0.818. The highest BCUT2D eigenvalue weighted by Crippen LogP contribution is 2.42. The van der Waals surface area contributed by atoms with Crippen LogP contribution in [0.15, 0.2) is 0 Å². The molecule has 2 nitrogen and oxygen atoms in total. The fourth-order valence-corrected chi connectivity index (χ4v) is 3.97. The Balaban J connectivity index is 2.24. The lowest BCUT2D eigenvalue weighted by Crippen LogP contribution is -2.36. The van der Waals surface area contributed by atoms with Crippen molar-refractivity contribution in [3.8, 4) is 0 Å². The number of rotatable bonds is 8. The van der Waals surface area contributed by atoms with Gasteiger partial charge in [-0.15, -0.1) is 0 Å². The standard InChI is InChI=1S/C18H38N2/c1-15(2)12-18(9-6-7-10-18)14-20-11-8-16(19)13-17(3,4)5/h15-16,20H,6-14,19H2,1-5H3. The van der Waals surface area contributed by atoms with Crippen molar-refractivity contribution in [3.63, 3.8) is 0 Å². The Labute approximate surface area is 127 Å². The normalized spacial score (nSPS) is 20.6. The summed E-state index contributed by atoms with van der Waals surface area (Å²) in [7, 11) is 0. The summed E-state index contributed by atoms with van der Waals surface area (Å²) in [6.45, 7) is 13.8. The average molecular weight is 283 g/mol. The minimum absolute atomic E-state index is 0.340. The fraction of sp³-hybridized carbons (Fsp3) is 1.00. The molecule has 0 aromatic heterocycles. The molecule has 0 aromatic carbocycles. The third-order valence-corrected chi connectivity index (χ3v) is 4.57. The van der Waals surface area contributed by atoms with Gasteiger partial charge < -0.3 is 11.1 Å². The van der Waals surface area contributed by atoms with Gasteiger partial charge in [-0.3, -0.25) is 0 Å². The van der Waals surface area contributed by atoms with E-state index in [2.05, 4.69) is 39.9 Å². The molecule has 0 heterocycles. The molecule has 0 aromatic rings. The first-order valence-corrected chi connectivity index (χ1v) is 8.69. The third-order valence-electron chi connectivity index (χ3n) is 4.57. The van der Waals surface area contributed by atoms with Gasteiger partial charge >= 0.3 is 0 Å². The summed E-state index contributed by atoms with van der Waals surface area (Å²) in [5.41, 5.74) is 7.16. The molecule has 1 aliphatic carbocycles. The molecule has 1 atom stereocenters. The zero-order valence-corrected chi connectivity index (χ0v) is 14.6. The van der Waals surface area contributed by atoms with Crippen molar-refractivity contribution >= 4 is 0 Å². The van der Waals surface area contributed by atoms with E-state index in [4.69, 9.17) is 5.73 Å². The number of hydrogen-bond donors (Lipinski definition) is 2. The Hall–Kier alpha value is -0.0800. The zero-order valence-electron chi connectivity index (χ0n) is 14.6. The van der Waals surface area contributed by atoms with Crippen LogP contribution in [0.2, 0.25) is 0 Å². The van der Waals surface area contributed by atoms with Crippen molar-refractivity contribution in [2.75, 3.05) is 13.1 Å². The molecule has 3 N–H and O–H groups in total. The van der Waals surface area contributed by atoms with Gasteiger partial charge in [0.1, 0.15) is 0 Å². The minimum Gasteiger partial charge on any atom is -0.328 e. The van der Waals surface area contributed by atoms with Crippen LogP contribution < -0.4 is 11.1 Å². The van der Waals surface area contributed by atoms with Gasteiger partial charge in [0.2, 0.25) is 0 Å². The zero-order chi connectivity index (χ0) is 15.2.